The number of aryl methyl sites for hydroxylation is 1. The number of amides is 2. The van der Waals surface area contributed by atoms with Crippen LogP contribution in [-0.2, 0) is 26.2 Å². The van der Waals surface area contributed by atoms with Crippen molar-refractivity contribution in [3.63, 3.8) is 0 Å². The molecule has 0 heterocycles. The standard InChI is InChI=1S/C28H31Cl2N3O4S/c1-19(2)31-28(35)21(4)32(17-22-12-15-25(29)26(30)16-22)27(34)18-33(23-8-6-5-7-9-23)38(36,37)24-13-10-20(3)11-14-24/h5-16,19,21H,17-18H2,1-4H3,(H,31,35). The van der Waals surface area contributed by atoms with Gasteiger partial charge in [0.2, 0.25) is 11.8 Å². The molecule has 0 spiro atoms. The number of hydrogen-bond donors (Lipinski definition) is 1. The Morgan fingerprint density at radius 3 is 2.11 bits per heavy atom. The lowest BCUT2D eigenvalue weighted by Gasteiger charge is -2.32. The number of nitrogens with one attached hydrogen (secondary N) is 1. The monoisotopic (exact) mass is 575 g/mol. The zero-order chi connectivity index (χ0) is 28.0. The van der Waals surface area contributed by atoms with Crippen molar-refractivity contribution in [1.29, 1.82) is 0 Å². The highest BCUT2D eigenvalue weighted by atomic mass is 35.5. The number of carbonyl (C=O) groups is 2. The van der Waals surface area contributed by atoms with Crippen LogP contribution in [0.2, 0.25) is 10.0 Å². The molecule has 0 aliphatic heterocycles. The average Bonchev–Trinajstić information content (AvgIpc) is 2.87. The number of carbonyl (C=O) groups excluding carboxylic acids is 2. The van der Waals surface area contributed by atoms with Crippen LogP contribution in [-0.4, -0.2) is 43.8 Å². The van der Waals surface area contributed by atoms with Crippen LogP contribution in [0.5, 0.6) is 0 Å². The number of sulfonamides is 1. The van der Waals surface area contributed by atoms with Crippen LogP contribution in [0, 0.1) is 6.92 Å². The second-order valence-electron chi connectivity index (χ2n) is 9.27. The Morgan fingerprint density at radius 1 is 0.895 bits per heavy atom. The van der Waals surface area contributed by atoms with Gasteiger partial charge in [-0.2, -0.15) is 0 Å². The maximum absolute atomic E-state index is 13.8. The fourth-order valence-corrected chi connectivity index (χ4v) is 5.52. The van der Waals surface area contributed by atoms with E-state index >= 15 is 0 Å². The largest absolute Gasteiger partial charge is 0.352 e. The van der Waals surface area contributed by atoms with Gasteiger partial charge in [-0.05, 0) is 69.7 Å². The second-order valence-corrected chi connectivity index (χ2v) is 11.9. The molecule has 10 heteroatoms. The van der Waals surface area contributed by atoms with Crippen molar-refractivity contribution in [2.45, 2.75) is 51.2 Å². The molecule has 0 saturated heterocycles. The maximum atomic E-state index is 13.8. The highest BCUT2D eigenvalue weighted by molar-refractivity contribution is 7.92. The Balaban J connectivity index is 2.01. The van der Waals surface area contributed by atoms with Gasteiger partial charge in [0.25, 0.3) is 10.0 Å². The quantitative estimate of drug-likeness (QED) is 0.348. The Hall–Kier alpha value is -3.07. The fourth-order valence-electron chi connectivity index (χ4n) is 3.78. The number of anilines is 1. The van der Waals surface area contributed by atoms with Crippen molar-refractivity contribution in [3.05, 3.63) is 94.0 Å². The minimum atomic E-state index is -4.10. The molecule has 1 N–H and O–H groups in total. The molecule has 3 aromatic rings. The van der Waals surface area contributed by atoms with Crippen molar-refractivity contribution in [2.75, 3.05) is 10.8 Å². The molecule has 0 fully saturated rings. The molecule has 0 aromatic heterocycles. The minimum Gasteiger partial charge on any atom is -0.352 e. The Morgan fingerprint density at radius 2 is 1.53 bits per heavy atom. The first-order valence-electron chi connectivity index (χ1n) is 12.1. The Kier molecular flexibility index (Phi) is 9.82. The third-order valence-electron chi connectivity index (χ3n) is 5.87. The van der Waals surface area contributed by atoms with E-state index in [1.54, 1.807) is 67.6 Å². The summed E-state index contributed by atoms with van der Waals surface area (Å²) in [6.45, 7) is 6.62. The summed E-state index contributed by atoms with van der Waals surface area (Å²) < 4.78 is 28.5. The molecule has 0 bridgehead atoms. The lowest BCUT2D eigenvalue weighted by molar-refractivity contribution is -0.139. The molecule has 0 radical (unpaired) electrons. The van der Waals surface area contributed by atoms with Crippen molar-refractivity contribution in [3.8, 4) is 0 Å². The van der Waals surface area contributed by atoms with Gasteiger partial charge >= 0.3 is 0 Å². The van der Waals surface area contributed by atoms with E-state index in [4.69, 9.17) is 23.2 Å². The molecule has 0 aliphatic rings. The van der Waals surface area contributed by atoms with E-state index in [1.165, 1.54) is 17.0 Å². The van der Waals surface area contributed by atoms with E-state index in [2.05, 4.69) is 5.32 Å². The van der Waals surface area contributed by atoms with Gasteiger partial charge in [0.05, 0.1) is 20.6 Å². The summed E-state index contributed by atoms with van der Waals surface area (Å²) >= 11 is 12.2. The first kappa shape index (κ1) is 29.5. The summed E-state index contributed by atoms with van der Waals surface area (Å²) in [4.78, 5) is 28.2. The van der Waals surface area contributed by atoms with Crippen molar-refractivity contribution < 1.29 is 18.0 Å². The van der Waals surface area contributed by atoms with Crippen LogP contribution in [0.3, 0.4) is 0 Å². The third kappa shape index (κ3) is 7.28. The van der Waals surface area contributed by atoms with Gasteiger partial charge in [0.1, 0.15) is 12.6 Å². The molecule has 3 rings (SSSR count). The van der Waals surface area contributed by atoms with E-state index in [0.29, 0.717) is 21.3 Å². The van der Waals surface area contributed by atoms with Gasteiger partial charge in [0, 0.05) is 12.6 Å². The van der Waals surface area contributed by atoms with E-state index in [0.717, 1.165) is 9.87 Å². The molecule has 202 valence electrons. The Bertz CT molecular complexity index is 1380. The van der Waals surface area contributed by atoms with Gasteiger partial charge in [0.15, 0.2) is 0 Å². The summed E-state index contributed by atoms with van der Waals surface area (Å²) in [5, 5.41) is 3.49. The molecular formula is C28H31Cl2N3O4S. The molecule has 1 unspecified atom stereocenters. The number of benzene rings is 3. The summed E-state index contributed by atoms with van der Waals surface area (Å²) in [5.41, 5.74) is 1.88. The number of nitrogens with zero attached hydrogens (tertiary/aromatic N) is 2. The van der Waals surface area contributed by atoms with E-state index in [9.17, 15) is 18.0 Å². The lowest BCUT2D eigenvalue weighted by atomic mass is 10.1. The van der Waals surface area contributed by atoms with Gasteiger partial charge < -0.3 is 10.2 Å². The van der Waals surface area contributed by atoms with Crippen LogP contribution >= 0.6 is 23.2 Å². The SMILES string of the molecule is Cc1ccc(S(=O)(=O)N(CC(=O)N(Cc2ccc(Cl)c(Cl)c2)C(C)C(=O)NC(C)C)c2ccccc2)cc1. The first-order chi connectivity index (χ1) is 17.9. The zero-order valence-corrected chi connectivity index (χ0v) is 24.0. The first-order valence-corrected chi connectivity index (χ1v) is 14.3. The summed E-state index contributed by atoms with van der Waals surface area (Å²) in [7, 11) is -4.10. The normalized spacial score (nSPS) is 12.2. The average molecular weight is 577 g/mol. The number of rotatable bonds is 10. The van der Waals surface area contributed by atoms with Crippen molar-refractivity contribution >= 4 is 50.7 Å². The predicted octanol–water partition coefficient (Wildman–Crippen LogP) is 5.44. The highest BCUT2D eigenvalue weighted by Crippen LogP contribution is 2.26. The molecule has 0 saturated carbocycles. The van der Waals surface area contributed by atoms with Crippen LogP contribution in [0.1, 0.15) is 31.9 Å². The molecule has 3 aromatic carbocycles. The van der Waals surface area contributed by atoms with Gasteiger partial charge in [-0.15, -0.1) is 0 Å². The van der Waals surface area contributed by atoms with Gasteiger partial charge in [-0.25, -0.2) is 8.42 Å². The minimum absolute atomic E-state index is 0.0234. The summed E-state index contributed by atoms with van der Waals surface area (Å²) in [6.07, 6.45) is 0. The van der Waals surface area contributed by atoms with Gasteiger partial charge in [-0.1, -0.05) is 65.2 Å². The number of halogens is 2. The van der Waals surface area contributed by atoms with Crippen LogP contribution < -0.4 is 9.62 Å². The highest BCUT2D eigenvalue weighted by Gasteiger charge is 2.32. The van der Waals surface area contributed by atoms with Crippen LogP contribution in [0.25, 0.3) is 0 Å². The van der Waals surface area contributed by atoms with Crippen molar-refractivity contribution in [1.82, 2.24) is 10.2 Å². The Labute approximate surface area is 234 Å². The second kappa shape index (κ2) is 12.7. The fraction of sp³-hybridized carbons (Fsp3) is 0.286. The number of para-hydroxylation sites is 1. The predicted molar refractivity (Wildman–Crippen MR) is 152 cm³/mol. The molecule has 2 amide bonds. The summed E-state index contributed by atoms with van der Waals surface area (Å²) in [6, 6.07) is 18.7. The van der Waals surface area contributed by atoms with Crippen molar-refractivity contribution in [2.24, 2.45) is 0 Å². The molecule has 0 aliphatic carbocycles. The van der Waals surface area contributed by atoms with E-state index in [1.807, 2.05) is 20.8 Å². The third-order valence-corrected chi connectivity index (χ3v) is 8.39. The molecule has 7 nitrogen and oxygen atoms in total. The topological polar surface area (TPSA) is 86.8 Å². The smallest absolute Gasteiger partial charge is 0.264 e. The molecule has 38 heavy (non-hydrogen) atoms. The van der Waals surface area contributed by atoms with Gasteiger partial charge in [-0.3, -0.25) is 13.9 Å². The maximum Gasteiger partial charge on any atom is 0.264 e. The van der Waals surface area contributed by atoms with E-state index in [-0.39, 0.29) is 23.4 Å². The van der Waals surface area contributed by atoms with Crippen LogP contribution in [0.15, 0.2) is 77.7 Å². The van der Waals surface area contributed by atoms with Crippen LogP contribution in [0.4, 0.5) is 5.69 Å². The zero-order valence-electron chi connectivity index (χ0n) is 21.7. The molecule has 1 atom stereocenters. The molecular weight excluding hydrogens is 545 g/mol. The number of hydrogen-bond acceptors (Lipinski definition) is 4. The lowest BCUT2D eigenvalue weighted by Crippen LogP contribution is -2.52. The summed E-state index contributed by atoms with van der Waals surface area (Å²) in [5.74, 6) is -0.914. The van der Waals surface area contributed by atoms with E-state index < -0.39 is 28.5 Å².